The Morgan fingerprint density at radius 1 is 1.50 bits per heavy atom. The van der Waals surface area contributed by atoms with Crippen LogP contribution in [-0.2, 0) is 0 Å². The quantitative estimate of drug-likeness (QED) is 0.570. The molecule has 0 fully saturated rings. The molecule has 4 heteroatoms. The Kier molecular flexibility index (Phi) is 0.887. The average molecular weight is 135 g/mol. The number of hydrogen-bond acceptors (Lipinski definition) is 3. The SMILES string of the molecule is Oc1cccn2nncc12. The van der Waals surface area contributed by atoms with Crippen LogP contribution in [0.1, 0.15) is 0 Å². The third-order valence-electron chi connectivity index (χ3n) is 1.32. The van der Waals surface area contributed by atoms with Gasteiger partial charge in [0.25, 0.3) is 0 Å². The molecular formula is C6H5N3O. The number of rotatable bonds is 0. The fourth-order valence-corrected chi connectivity index (χ4v) is 0.838. The highest BCUT2D eigenvalue weighted by atomic mass is 16.3. The van der Waals surface area contributed by atoms with Crippen LogP contribution in [-0.4, -0.2) is 19.9 Å². The summed E-state index contributed by atoms with van der Waals surface area (Å²) in [6.07, 6.45) is 3.23. The summed E-state index contributed by atoms with van der Waals surface area (Å²) >= 11 is 0. The number of pyridine rings is 1. The van der Waals surface area contributed by atoms with E-state index in [9.17, 15) is 0 Å². The van der Waals surface area contributed by atoms with E-state index in [0.717, 1.165) is 0 Å². The monoisotopic (exact) mass is 135 g/mol. The van der Waals surface area contributed by atoms with Gasteiger partial charge in [0.15, 0.2) is 0 Å². The lowest BCUT2D eigenvalue weighted by Gasteiger charge is -1.91. The van der Waals surface area contributed by atoms with Crippen LogP contribution < -0.4 is 0 Å². The van der Waals surface area contributed by atoms with Gasteiger partial charge in [-0.15, -0.1) is 5.10 Å². The van der Waals surface area contributed by atoms with Gasteiger partial charge in [0.1, 0.15) is 11.3 Å². The number of aromatic nitrogens is 3. The summed E-state index contributed by atoms with van der Waals surface area (Å²) in [5.41, 5.74) is 0.627. The third-order valence-corrected chi connectivity index (χ3v) is 1.32. The Balaban J connectivity index is 2.95. The summed E-state index contributed by atoms with van der Waals surface area (Å²) in [4.78, 5) is 0. The lowest BCUT2D eigenvalue weighted by molar-refractivity contribution is 0.478. The van der Waals surface area contributed by atoms with E-state index in [1.807, 2.05) is 0 Å². The molecule has 2 heterocycles. The van der Waals surface area contributed by atoms with Crippen molar-refractivity contribution in [2.75, 3.05) is 0 Å². The molecule has 0 atom stereocenters. The van der Waals surface area contributed by atoms with Crippen molar-refractivity contribution >= 4 is 5.52 Å². The maximum Gasteiger partial charge on any atom is 0.143 e. The highest BCUT2D eigenvalue weighted by Crippen LogP contribution is 2.14. The largest absolute Gasteiger partial charge is 0.506 e. The van der Waals surface area contributed by atoms with Crippen molar-refractivity contribution < 1.29 is 5.11 Å². The van der Waals surface area contributed by atoms with Gasteiger partial charge in [-0.1, -0.05) is 5.21 Å². The standard InChI is InChI=1S/C6H5N3O/c10-6-2-1-3-9-5(6)4-7-8-9/h1-4,10H. The molecule has 0 spiro atoms. The smallest absolute Gasteiger partial charge is 0.143 e. The molecule has 2 rings (SSSR count). The Labute approximate surface area is 56.7 Å². The second-order valence-corrected chi connectivity index (χ2v) is 1.96. The second kappa shape index (κ2) is 1.70. The maximum atomic E-state index is 9.16. The molecule has 2 aromatic heterocycles. The van der Waals surface area contributed by atoms with Crippen molar-refractivity contribution in [3.63, 3.8) is 0 Å². The topological polar surface area (TPSA) is 50.4 Å². The number of nitrogens with zero attached hydrogens (tertiary/aromatic N) is 3. The zero-order valence-electron chi connectivity index (χ0n) is 5.10. The van der Waals surface area contributed by atoms with Crippen LogP contribution in [0.5, 0.6) is 5.75 Å². The van der Waals surface area contributed by atoms with Gasteiger partial charge >= 0.3 is 0 Å². The first-order valence-corrected chi connectivity index (χ1v) is 2.86. The average Bonchev–Trinajstić information content (AvgIpc) is 2.36. The fourth-order valence-electron chi connectivity index (χ4n) is 0.838. The predicted molar refractivity (Wildman–Crippen MR) is 34.7 cm³/mol. The van der Waals surface area contributed by atoms with Crippen molar-refractivity contribution in [1.82, 2.24) is 14.8 Å². The molecule has 1 N–H and O–H groups in total. The van der Waals surface area contributed by atoms with E-state index >= 15 is 0 Å². The summed E-state index contributed by atoms with van der Waals surface area (Å²) in [5.74, 6) is 0.201. The van der Waals surface area contributed by atoms with Gasteiger partial charge in [-0.25, -0.2) is 4.52 Å². The minimum absolute atomic E-state index is 0.201. The number of hydrogen-bond donors (Lipinski definition) is 1. The van der Waals surface area contributed by atoms with Gasteiger partial charge < -0.3 is 5.11 Å². The summed E-state index contributed by atoms with van der Waals surface area (Å²) in [7, 11) is 0. The molecule has 0 saturated heterocycles. The van der Waals surface area contributed by atoms with E-state index in [2.05, 4.69) is 10.3 Å². The highest BCUT2D eigenvalue weighted by Gasteiger charge is 1.97. The summed E-state index contributed by atoms with van der Waals surface area (Å²) in [6.45, 7) is 0. The molecule has 0 saturated carbocycles. The van der Waals surface area contributed by atoms with Crippen LogP contribution in [0.2, 0.25) is 0 Å². The molecule has 0 bridgehead atoms. The highest BCUT2D eigenvalue weighted by molar-refractivity contribution is 5.55. The van der Waals surface area contributed by atoms with Crippen molar-refractivity contribution in [3.8, 4) is 5.75 Å². The van der Waals surface area contributed by atoms with Gasteiger partial charge in [-0.05, 0) is 12.1 Å². The normalized spacial score (nSPS) is 10.4. The lowest BCUT2D eigenvalue weighted by atomic mass is 10.4. The molecule has 0 radical (unpaired) electrons. The van der Waals surface area contributed by atoms with Gasteiger partial charge in [-0.3, -0.25) is 0 Å². The second-order valence-electron chi connectivity index (χ2n) is 1.96. The minimum atomic E-state index is 0.201. The van der Waals surface area contributed by atoms with Crippen LogP contribution >= 0.6 is 0 Å². The van der Waals surface area contributed by atoms with Gasteiger partial charge in [0.2, 0.25) is 0 Å². The molecule has 0 aromatic carbocycles. The van der Waals surface area contributed by atoms with E-state index in [1.165, 1.54) is 10.7 Å². The minimum Gasteiger partial charge on any atom is -0.506 e. The number of fused-ring (bicyclic) bond motifs is 1. The third kappa shape index (κ3) is 0.556. The molecule has 10 heavy (non-hydrogen) atoms. The van der Waals surface area contributed by atoms with E-state index in [4.69, 9.17) is 5.11 Å². The molecule has 0 aliphatic heterocycles. The summed E-state index contributed by atoms with van der Waals surface area (Å²) < 4.78 is 1.51. The van der Waals surface area contributed by atoms with Crippen LogP contribution in [0.4, 0.5) is 0 Å². The number of aromatic hydroxyl groups is 1. The van der Waals surface area contributed by atoms with Crippen LogP contribution in [0.3, 0.4) is 0 Å². The zero-order chi connectivity index (χ0) is 6.97. The van der Waals surface area contributed by atoms with Crippen LogP contribution in [0.15, 0.2) is 24.5 Å². The zero-order valence-corrected chi connectivity index (χ0v) is 5.10. The van der Waals surface area contributed by atoms with Gasteiger partial charge in [0.05, 0.1) is 6.20 Å². The van der Waals surface area contributed by atoms with Gasteiger partial charge in [-0.2, -0.15) is 0 Å². The first-order chi connectivity index (χ1) is 4.88. The van der Waals surface area contributed by atoms with Crippen molar-refractivity contribution in [3.05, 3.63) is 24.5 Å². The maximum absolute atomic E-state index is 9.16. The first kappa shape index (κ1) is 5.22. The molecule has 0 unspecified atom stereocenters. The van der Waals surface area contributed by atoms with E-state index in [1.54, 1.807) is 18.3 Å². The van der Waals surface area contributed by atoms with Crippen molar-refractivity contribution in [2.24, 2.45) is 0 Å². The Bertz CT molecular complexity index is 355. The molecule has 0 aliphatic carbocycles. The Hall–Kier alpha value is -1.58. The molecule has 4 nitrogen and oxygen atoms in total. The van der Waals surface area contributed by atoms with Crippen LogP contribution in [0.25, 0.3) is 5.52 Å². The molecule has 0 amide bonds. The predicted octanol–water partition coefficient (Wildman–Crippen LogP) is 0.435. The fraction of sp³-hybridized carbons (Fsp3) is 0. The molecule has 50 valence electrons. The first-order valence-electron chi connectivity index (χ1n) is 2.86. The van der Waals surface area contributed by atoms with E-state index < -0.39 is 0 Å². The van der Waals surface area contributed by atoms with E-state index in [-0.39, 0.29) is 5.75 Å². The molecule has 2 aromatic rings. The van der Waals surface area contributed by atoms with E-state index in [0.29, 0.717) is 5.52 Å². The summed E-state index contributed by atoms with van der Waals surface area (Å²) in [5, 5.41) is 16.5. The molecule has 0 aliphatic rings. The lowest BCUT2D eigenvalue weighted by Crippen LogP contribution is -1.84. The molecular weight excluding hydrogens is 130 g/mol. The summed E-state index contributed by atoms with van der Waals surface area (Å²) in [6, 6.07) is 3.30. The Morgan fingerprint density at radius 2 is 2.40 bits per heavy atom. The Morgan fingerprint density at radius 3 is 3.20 bits per heavy atom. The van der Waals surface area contributed by atoms with Crippen molar-refractivity contribution in [2.45, 2.75) is 0 Å². The van der Waals surface area contributed by atoms with Crippen molar-refractivity contribution in [1.29, 1.82) is 0 Å². The van der Waals surface area contributed by atoms with Gasteiger partial charge in [0, 0.05) is 6.20 Å². The van der Waals surface area contributed by atoms with Crippen LogP contribution in [0, 0.1) is 0 Å².